The van der Waals surface area contributed by atoms with Crippen molar-refractivity contribution in [2.24, 2.45) is 5.73 Å². The van der Waals surface area contributed by atoms with Gasteiger partial charge in [-0.15, -0.1) is 10.2 Å². The second-order valence-electron chi connectivity index (χ2n) is 4.08. The van der Waals surface area contributed by atoms with Crippen LogP contribution in [0.25, 0.3) is 11.5 Å². The van der Waals surface area contributed by atoms with Gasteiger partial charge < -0.3 is 14.9 Å². The number of hydrogen-bond donors (Lipinski definition) is 1. The average molecular weight is 278 g/mol. The molecule has 0 radical (unpaired) electrons. The molecule has 0 saturated carbocycles. The van der Waals surface area contributed by atoms with Crippen LogP contribution in [0, 0.1) is 10.1 Å². The Balaban J connectivity index is 2.50. The summed E-state index contributed by atoms with van der Waals surface area (Å²) >= 11 is 0. The van der Waals surface area contributed by atoms with E-state index in [9.17, 15) is 10.1 Å². The third kappa shape index (κ3) is 2.45. The van der Waals surface area contributed by atoms with Gasteiger partial charge in [0.1, 0.15) is 0 Å². The van der Waals surface area contributed by atoms with Gasteiger partial charge in [-0.05, 0) is 12.5 Å². The maximum atomic E-state index is 11.0. The van der Waals surface area contributed by atoms with Crippen molar-refractivity contribution in [2.75, 3.05) is 7.11 Å². The Kier molecular flexibility index (Phi) is 3.94. The van der Waals surface area contributed by atoms with E-state index in [4.69, 9.17) is 14.9 Å². The highest BCUT2D eigenvalue weighted by Gasteiger charge is 2.23. The molecule has 1 aromatic carbocycles. The average Bonchev–Trinajstić information content (AvgIpc) is 2.95. The lowest BCUT2D eigenvalue weighted by Crippen LogP contribution is -2.08. The second-order valence-corrected chi connectivity index (χ2v) is 4.08. The highest BCUT2D eigenvalue weighted by atomic mass is 16.6. The van der Waals surface area contributed by atoms with Gasteiger partial charge in [-0.3, -0.25) is 10.1 Å². The molecule has 8 nitrogen and oxygen atoms in total. The molecule has 0 saturated heterocycles. The minimum absolute atomic E-state index is 0.0813. The second kappa shape index (κ2) is 5.66. The molecule has 0 aliphatic heterocycles. The number of aromatic nitrogens is 2. The molecule has 1 heterocycles. The van der Waals surface area contributed by atoms with E-state index in [0.29, 0.717) is 12.0 Å². The van der Waals surface area contributed by atoms with Crippen molar-refractivity contribution in [1.82, 2.24) is 10.2 Å². The van der Waals surface area contributed by atoms with Crippen molar-refractivity contribution in [1.29, 1.82) is 0 Å². The molecule has 20 heavy (non-hydrogen) atoms. The minimum Gasteiger partial charge on any atom is -0.490 e. The van der Waals surface area contributed by atoms with Crippen molar-refractivity contribution in [2.45, 2.75) is 19.4 Å². The number of nitro benzene ring substituents is 1. The van der Waals surface area contributed by atoms with Crippen LogP contribution < -0.4 is 10.5 Å². The number of para-hydroxylation sites is 1. The summed E-state index contributed by atoms with van der Waals surface area (Å²) in [5.74, 6) is 0.512. The first-order chi connectivity index (χ1) is 9.58. The maximum absolute atomic E-state index is 11.0. The van der Waals surface area contributed by atoms with Gasteiger partial charge in [0.2, 0.25) is 11.6 Å². The molecular weight excluding hydrogens is 264 g/mol. The fourth-order valence-electron chi connectivity index (χ4n) is 1.72. The number of methoxy groups -OCH3 is 1. The highest BCUT2D eigenvalue weighted by molar-refractivity contribution is 5.69. The van der Waals surface area contributed by atoms with E-state index in [2.05, 4.69) is 10.2 Å². The number of ether oxygens (including phenoxy) is 1. The summed E-state index contributed by atoms with van der Waals surface area (Å²) in [4.78, 5) is 10.4. The zero-order chi connectivity index (χ0) is 14.7. The Morgan fingerprint density at radius 3 is 2.85 bits per heavy atom. The Labute approximate surface area is 114 Å². The predicted octanol–water partition coefficient (Wildman–Crippen LogP) is 2.06. The SMILES string of the molecule is CCC(N)c1nnc(-c2cccc([N+](=O)[O-])c2OC)o1. The van der Waals surface area contributed by atoms with E-state index in [1.165, 1.54) is 19.2 Å². The van der Waals surface area contributed by atoms with E-state index in [1.54, 1.807) is 6.07 Å². The number of benzene rings is 1. The van der Waals surface area contributed by atoms with E-state index in [1.807, 2.05) is 6.92 Å². The number of hydrogen-bond acceptors (Lipinski definition) is 7. The third-order valence-electron chi connectivity index (χ3n) is 2.82. The van der Waals surface area contributed by atoms with Gasteiger partial charge in [-0.25, -0.2) is 0 Å². The molecule has 0 aliphatic carbocycles. The molecule has 0 bridgehead atoms. The monoisotopic (exact) mass is 278 g/mol. The fourth-order valence-corrected chi connectivity index (χ4v) is 1.72. The summed E-state index contributed by atoms with van der Waals surface area (Å²) in [6.07, 6.45) is 0.647. The van der Waals surface area contributed by atoms with Crippen molar-refractivity contribution >= 4 is 5.69 Å². The first-order valence-electron chi connectivity index (χ1n) is 5.99. The predicted molar refractivity (Wildman–Crippen MR) is 70.2 cm³/mol. The summed E-state index contributed by atoms with van der Waals surface area (Å²) in [5, 5.41) is 18.7. The third-order valence-corrected chi connectivity index (χ3v) is 2.82. The summed E-state index contributed by atoms with van der Waals surface area (Å²) in [7, 11) is 1.35. The quantitative estimate of drug-likeness (QED) is 0.656. The molecule has 0 fully saturated rings. The van der Waals surface area contributed by atoms with Crippen LogP contribution in [0.1, 0.15) is 25.3 Å². The van der Waals surface area contributed by atoms with E-state index in [-0.39, 0.29) is 29.3 Å². The van der Waals surface area contributed by atoms with Crippen LogP contribution in [0.3, 0.4) is 0 Å². The Bertz CT molecular complexity index is 626. The highest BCUT2D eigenvalue weighted by Crippen LogP contribution is 2.37. The summed E-state index contributed by atoms with van der Waals surface area (Å²) in [6.45, 7) is 1.89. The van der Waals surface area contributed by atoms with Crippen molar-refractivity contribution in [3.8, 4) is 17.2 Å². The van der Waals surface area contributed by atoms with Crippen LogP contribution in [-0.4, -0.2) is 22.2 Å². The van der Waals surface area contributed by atoms with Gasteiger partial charge in [0.15, 0.2) is 0 Å². The first kappa shape index (κ1) is 13.9. The van der Waals surface area contributed by atoms with E-state index < -0.39 is 4.92 Å². The normalized spacial score (nSPS) is 12.2. The molecule has 0 spiro atoms. The summed E-state index contributed by atoms with van der Waals surface area (Å²) < 4.78 is 10.5. The van der Waals surface area contributed by atoms with Crippen molar-refractivity contribution in [3.05, 3.63) is 34.2 Å². The number of rotatable bonds is 5. The standard InChI is InChI=1S/C12H14N4O4/c1-3-8(13)12-15-14-11(20-12)7-5-4-6-9(16(17)18)10(7)19-2/h4-6,8H,3,13H2,1-2H3. The maximum Gasteiger partial charge on any atom is 0.311 e. The lowest BCUT2D eigenvalue weighted by atomic mass is 10.1. The van der Waals surface area contributed by atoms with Gasteiger partial charge in [-0.2, -0.15) is 0 Å². The van der Waals surface area contributed by atoms with Crippen LogP contribution in [0.2, 0.25) is 0 Å². The summed E-state index contributed by atoms with van der Waals surface area (Å²) in [5.41, 5.74) is 6.00. The zero-order valence-electron chi connectivity index (χ0n) is 11.1. The van der Waals surface area contributed by atoms with Crippen LogP contribution in [0.5, 0.6) is 5.75 Å². The van der Waals surface area contributed by atoms with Gasteiger partial charge in [-0.1, -0.05) is 13.0 Å². The van der Waals surface area contributed by atoms with Gasteiger partial charge in [0.25, 0.3) is 5.89 Å². The summed E-state index contributed by atoms with van der Waals surface area (Å²) in [6, 6.07) is 4.12. The molecular formula is C12H14N4O4. The van der Waals surface area contributed by atoms with Crippen molar-refractivity contribution < 1.29 is 14.1 Å². The molecule has 8 heteroatoms. The van der Waals surface area contributed by atoms with Gasteiger partial charge in [0.05, 0.1) is 23.6 Å². The molecule has 0 amide bonds. The van der Waals surface area contributed by atoms with Crippen LogP contribution in [0.4, 0.5) is 5.69 Å². The van der Waals surface area contributed by atoms with Crippen LogP contribution >= 0.6 is 0 Å². The largest absolute Gasteiger partial charge is 0.490 e. The van der Waals surface area contributed by atoms with Gasteiger partial charge >= 0.3 is 5.69 Å². The Morgan fingerprint density at radius 1 is 1.50 bits per heavy atom. The smallest absolute Gasteiger partial charge is 0.311 e. The van der Waals surface area contributed by atoms with Crippen LogP contribution in [-0.2, 0) is 0 Å². The van der Waals surface area contributed by atoms with Crippen molar-refractivity contribution in [3.63, 3.8) is 0 Å². The minimum atomic E-state index is -0.530. The van der Waals surface area contributed by atoms with Crippen LogP contribution in [0.15, 0.2) is 22.6 Å². The molecule has 106 valence electrons. The molecule has 0 aliphatic rings. The Morgan fingerprint density at radius 2 is 2.25 bits per heavy atom. The molecule has 1 unspecified atom stereocenters. The lowest BCUT2D eigenvalue weighted by molar-refractivity contribution is -0.385. The number of nitrogens with zero attached hydrogens (tertiary/aromatic N) is 3. The van der Waals surface area contributed by atoms with Gasteiger partial charge in [0, 0.05) is 6.07 Å². The topological polar surface area (TPSA) is 117 Å². The first-order valence-corrected chi connectivity index (χ1v) is 5.99. The lowest BCUT2D eigenvalue weighted by Gasteiger charge is -2.05. The van der Waals surface area contributed by atoms with E-state index in [0.717, 1.165) is 0 Å². The zero-order valence-corrected chi connectivity index (χ0v) is 11.1. The Hall–Kier alpha value is -2.48. The molecule has 1 aromatic heterocycles. The van der Waals surface area contributed by atoms with E-state index >= 15 is 0 Å². The molecule has 2 aromatic rings. The fraction of sp³-hybridized carbons (Fsp3) is 0.333. The number of nitro groups is 1. The number of nitrogens with two attached hydrogens (primary N) is 1. The molecule has 1 atom stereocenters. The molecule has 2 N–H and O–H groups in total. The molecule has 2 rings (SSSR count).